The van der Waals surface area contributed by atoms with Crippen molar-refractivity contribution in [2.24, 2.45) is 11.1 Å². The molecule has 2 atom stereocenters. The fourth-order valence-corrected chi connectivity index (χ4v) is 4.18. The minimum Gasteiger partial charge on any atom is -0.370 e. The molecular formula is C17H34N2O. The molecule has 2 N–H and O–H groups in total. The lowest BCUT2D eigenvalue weighted by Gasteiger charge is -2.51. The molecule has 2 rings (SSSR count). The number of hydrogen-bond acceptors (Lipinski definition) is 3. The fourth-order valence-electron chi connectivity index (χ4n) is 4.18. The lowest BCUT2D eigenvalue weighted by molar-refractivity contribution is -0.154. The highest BCUT2D eigenvalue weighted by Gasteiger charge is 2.44. The Hall–Kier alpha value is -0.120. The van der Waals surface area contributed by atoms with E-state index in [4.69, 9.17) is 10.5 Å². The third-order valence-corrected chi connectivity index (χ3v) is 5.38. The third kappa shape index (κ3) is 3.55. The van der Waals surface area contributed by atoms with E-state index in [-0.39, 0.29) is 11.1 Å². The van der Waals surface area contributed by atoms with E-state index in [0.29, 0.717) is 11.5 Å². The second kappa shape index (κ2) is 5.58. The van der Waals surface area contributed by atoms with Gasteiger partial charge in [0, 0.05) is 25.2 Å². The van der Waals surface area contributed by atoms with Gasteiger partial charge < -0.3 is 10.5 Å². The van der Waals surface area contributed by atoms with Crippen molar-refractivity contribution in [1.82, 2.24) is 4.90 Å². The number of nitrogens with two attached hydrogens (primary N) is 1. The molecule has 0 radical (unpaired) electrons. The summed E-state index contributed by atoms with van der Waals surface area (Å²) in [5.74, 6) is 0. The summed E-state index contributed by atoms with van der Waals surface area (Å²) in [6, 6.07) is 0. The maximum Gasteiger partial charge on any atom is 0.0757 e. The quantitative estimate of drug-likeness (QED) is 0.791. The molecule has 1 saturated heterocycles. The summed E-state index contributed by atoms with van der Waals surface area (Å²) in [5.41, 5.74) is 6.90. The van der Waals surface area contributed by atoms with Gasteiger partial charge >= 0.3 is 0 Å². The summed E-state index contributed by atoms with van der Waals surface area (Å²) in [6.45, 7) is 14.2. The third-order valence-electron chi connectivity index (χ3n) is 5.38. The summed E-state index contributed by atoms with van der Waals surface area (Å²) < 4.78 is 6.07. The molecule has 2 unspecified atom stereocenters. The summed E-state index contributed by atoms with van der Waals surface area (Å²) in [4.78, 5) is 2.66. The highest BCUT2D eigenvalue weighted by molar-refractivity contribution is 4.99. The number of hydrogen-bond donors (Lipinski definition) is 1. The molecule has 2 aliphatic rings. The first kappa shape index (κ1) is 16.3. The number of rotatable bonds is 2. The van der Waals surface area contributed by atoms with E-state index in [0.717, 1.165) is 19.6 Å². The van der Waals surface area contributed by atoms with Gasteiger partial charge in [-0.15, -0.1) is 0 Å². The molecule has 0 spiro atoms. The lowest BCUT2D eigenvalue weighted by atomic mass is 9.82. The van der Waals surface area contributed by atoms with Crippen LogP contribution in [0.3, 0.4) is 0 Å². The molecule has 118 valence electrons. The molecule has 2 fully saturated rings. The van der Waals surface area contributed by atoms with Crippen LogP contribution in [0.2, 0.25) is 0 Å². The summed E-state index contributed by atoms with van der Waals surface area (Å²) >= 11 is 0. The maximum atomic E-state index is 6.28. The molecule has 0 aromatic heterocycles. The predicted octanol–water partition coefficient (Wildman–Crippen LogP) is 3.17. The fraction of sp³-hybridized carbons (Fsp3) is 1.00. The first-order valence-electron chi connectivity index (χ1n) is 8.31. The molecule has 20 heavy (non-hydrogen) atoms. The van der Waals surface area contributed by atoms with E-state index in [9.17, 15) is 0 Å². The van der Waals surface area contributed by atoms with Crippen LogP contribution < -0.4 is 5.73 Å². The molecule has 0 aromatic carbocycles. The van der Waals surface area contributed by atoms with Crippen molar-refractivity contribution in [2.75, 3.05) is 19.6 Å². The maximum absolute atomic E-state index is 6.28. The van der Waals surface area contributed by atoms with Gasteiger partial charge in [0.05, 0.1) is 11.7 Å². The summed E-state index contributed by atoms with van der Waals surface area (Å²) in [6.07, 6.45) is 6.71. The van der Waals surface area contributed by atoms with E-state index < -0.39 is 0 Å². The van der Waals surface area contributed by atoms with Crippen LogP contribution in [0, 0.1) is 5.41 Å². The first-order chi connectivity index (χ1) is 9.18. The molecule has 0 aromatic rings. The Kier molecular flexibility index (Phi) is 4.54. The zero-order valence-electron chi connectivity index (χ0n) is 14.2. The van der Waals surface area contributed by atoms with Gasteiger partial charge in [0.1, 0.15) is 0 Å². The van der Waals surface area contributed by atoms with Crippen LogP contribution in [0.15, 0.2) is 0 Å². The Bertz CT molecular complexity index is 340. The highest BCUT2D eigenvalue weighted by Crippen LogP contribution is 2.41. The minimum absolute atomic E-state index is 0.0539. The second-order valence-electron chi connectivity index (χ2n) is 8.51. The largest absolute Gasteiger partial charge is 0.370 e. The van der Waals surface area contributed by atoms with Crippen LogP contribution in [0.5, 0.6) is 0 Å². The van der Waals surface area contributed by atoms with Crippen molar-refractivity contribution in [3.63, 3.8) is 0 Å². The van der Waals surface area contributed by atoms with Crippen LogP contribution in [-0.2, 0) is 4.74 Å². The van der Waals surface area contributed by atoms with Crippen LogP contribution in [0.4, 0.5) is 0 Å². The summed E-state index contributed by atoms with van der Waals surface area (Å²) in [7, 11) is 0. The highest BCUT2D eigenvalue weighted by atomic mass is 16.5. The molecule has 0 amide bonds. The number of ether oxygens (including phenoxy) is 1. The van der Waals surface area contributed by atoms with Gasteiger partial charge in [0.2, 0.25) is 0 Å². The Morgan fingerprint density at radius 2 is 1.80 bits per heavy atom. The molecule has 0 bridgehead atoms. The van der Waals surface area contributed by atoms with Crippen molar-refractivity contribution in [3.8, 4) is 0 Å². The van der Waals surface area contributed by atoms with Crippen molar-refractivity contribution in [2.45, 2.75) is 84.0 Å². The van der Waals surface area contributed by atoms with Crippen LogP contribution in [-0.4, -0.2) is 41.8 Å². The van der Waals surface area contributed by atoms with E-state index in [1.807, 2.05) is 0 Å². The average molecular weight is 282 g/mol. The summed E-state index contributed by atoms with van der Waals surface area (Å²) in [5, 5.41) is 0. The monoisotopic (exact) mass is 282 g/mol. The van der Waals surface area contributed by atoms with Gasteiger partial charge in [-0.05, 0) is 51.9 Å². The van der Waals surface area contributed by atoms with Gasteiger partial charge in [-0.1, -0.05) is 20.3 Å². The second-order valence-corrected chi connectivity index (χ2v) is 8.51. The predicted molar refractivity (Wildman–Crippen MR) is 84.9 cm³/mol. The van der Waals surface area contributed by atoms with Crippen molar-refractivity contribution in [3.05, 3.63) is 0 Å². The normalized spacial score (nSPS) is 38.4. The minimum atomic E-state index is -0.0539. The van der Waals surface area contributed by atoms with Crippen molar-refractivity contribution >= 4 is 0 Å². The van der Waals surface area contributed by atoms with Crippen molar-refractivity contribution < 1.29 is 4.74 Å². The standard InChI is InChI=1S/C17H34N2O/c1-14-11-19(13-16(4,5)20-14)17(12-18)8-6-7-15(2,3)9-10-17/h14H,6-13,18H2,1-5H3. The van der Waals surface area contributed by atoms with Gasteiger partial charge in [-0.25, -0.2) is 0 Å². The van der Waals surface area contributed by atoms with Gasteiger partial charge in [-0.3, -0.25) is 4.90 Å². The van der Waals surface area contributed by atoms with Gasteiger partial charge in [0.25, 0.3) is 0 Å². The molecule has 1 saturated carbocycles. The Morgan fingerprint density at radius 3 is 2.40 bits per heavy atom. The van der Waals surface area contributed by atoms with Crippen LogP contribution >= 0.6 is 0 Å². The van der Waals surface area contributed by atoms with E-state index in [2.05, 4.69) is 39.5 Å². The molecule has 1 aliphatic heterocycles. The van der Waals surface area contributed by atoms with Crippen LogP contribution in [0.25, 0.3) is 0 Å². The zero-order valence-corrected chi connectivity index (χ0v) is 14.2. The van der Waals surface area contributed by atoms with Crippen molar-refractivity contribution in [1.29, 1.82) is 0 Å². The van der Waals surface area contributed by atoms with Gasteiger partial charge in [0.15, 0.2) is 0 Å². The molecular weight excluding hydrogens is 248 g/mol. The average Bonchev–Trinajstić information content (AvgIpc) is 2.46. The first-order valence-corrected chi connectivity index (χ1v) is 8.31. The van der Waals surface area contributed by atoms with Gasteiger partial charge in [-0.2, -0.15) is 0 Å². The molecule has 3 nitrogen and oxygen atoms in total. The smallest absolute Gasteiger partial charge is 0.0757 e. The zero-order chi connectivity index (χ0) is 15.0. The van der Waals surface area contributed by atoms with E-state index in [1.54, 1.807) is 0 Å². The molecule has 1 aliphatic carbocycles. The van der Waals surface area contributed by atoms with E-state index >= 15 is 0 Å². The topological polar surface area (TPSA) is 38.5 Å². The number of morpholine rings is 1. The Balaban J connectivity index is 2.17. The number of nitrogens with zero attached hydrogens (tertiary/aromatic N) is 1. The molecule has 1 heterocycles. The molecule has 3 heteroatoms. The van der Waals surface area contributed by atoms with E-state index in [1.165, 1.54) is 32.1 Å². The lowest BCUT2D eigenvalue weighted by Crippen LogP contribution is -2.63. The van der Waals surface area contributed by atoms with Crippen LogP contribution in [0.1, 0.15) is 66.7 Å². The Morgan fingerprint density at radius 1 is 1.10 bits per heavy atom. The Labute approximate surface area is 125 Å². The SMILES string of the molecule is CC1CN(C2(CN)CCCC(C)(C)CC2)CC(C)(C)O1.